The molecule has 212 valence electrons. The Labute approximate surface area is 240 Å². The van der Waals surface area contributed by atoms with Crippen LogP contribution in [0.5, 0.6) is 23.0 Å². The topological polar surface area (TPSA) is 109 Å². The first-order chi connectivity index (χ1) is 19.8. The first-order valence-electron chi connectivity index (χ1n) is 12.5. The van der Waals surface area contributed by atoms with E-state index in [4.69, 9.17) is 30.5 Å². The second-order valence-electron chi connectivity index (χ2n) is 9.01. The van der Waals surface area contributed by atoms with Gasteiger partial charge in [0.25, 0.3) is 5.91 Å². The lowest BCUT2D eigenvalue weighted by molar-refractivity contribution is -0.113. The minimum Gasteiger partial charge on any atom is -0.497 e. The number of methoxy groups -OCH3 is 3. The number of anilines is 2. The molecule has 0 radical (unpaired) electrons. The van der Waals surface area contributed by atoms with Crippen molar-refractivity contribution in [1.82, 2.24) is 14.8 Å². The zero-order valence-electron chi connectivity index (χ0n) is 22.7. The van der Waals surface area contributed by atoms with Crippen molar-refractivity contribution in [3.05, 3.63) is 94.2 Å². The summed E-state index contributed by atoms with van der Waals surface area (Å²) in [6.07, 6.45) is 1.41. The number of aromatic nitrogens is 3. The van der Waals surface area contributed by atoms with E-state index < -0.39 is 11.9 Å². The summed E-state index contributed by atoms with van der Waals surface area (Å²) >= 11 is 6.15. The van der Waals surface area contributed by atoms with E-state index in [1.165, 1.54) is 32.7 Å². The first kappa shape index (κ1) is 27.8. The summed E-state index contributed by atoms with van der Waals surface area (Å²) in [5, 5.41) is 10.7. The van der Waals surface area contributed by atoms with Gasteiger partial charge in [-0.3, -0.25) is 4.79 Å². The number of allylic oxidation sites excluding steroid dienone is 1. The average molecular weight is 580 g/mol. The van der Waals surface area contributed by atoms with Gasteiger partial charge in [0.15, 0.2) is 11.5 Å². The lowest BCUT2D eigenvalue weighted by Gasteiger charge is -2.29. The number of amides is 1. The van der Waals surface area contributed by atoms with Crippen LogP contribution in [0.4, 0.5) is 16.0 Å². The van der Waals surface area contributed by atoms with Gasteiger partial charge in [-0.2, -0.15) is 10.1 Å². The van der Waals surface area contributed by atoms with Crippen molar-refractivity contribution in [2.24, 2.45) is 0 Å². The number of carbonyl (C=O) groups is 1. The largest absolute Gasteiger partial charge is 0.497 e. The van der Waals surface area contributed by atoms with Gasteiger partial charge in [0.05, 0.1) is 37.6 Å². The molecule has 5 rings (SSSR count). The second kappa shape index (κ2) is 11.8. The normalized spacial score (nSPS) is 14.1. The fourth-order valence-corrected chi connectivity index (χ4v) is 4.80. The van der Waals surface area contributed by atoms with Crippen LogP contribution in [0.3, 0.4) is 0 Å². The van der Waals surface area contributed by atoms with Gasteiger partial charge in [-0.25, -0.2) is 9.07 Å². The van der Waals surface area contributed by atoms with Gasteiger partial charge in [0, 0.05) is 17.3 Å². The predicted octanol–water partition coefficient (Wildman–Crippen LogP) is 5.60. The minimum atomic E-state index is -0.665. The highest BCUT2D eigenvalue weighted by molar-refractivity contribution is 6.31. The molecule has 1 atom stereocenters. The molecule has 3 aromatic carbocycles. The standard InChI is InChI=1S/C29H27ClFN5O5/c1-16-26(28(37)35-22-10-9-18(38-2)13-24(22)39-3)27(36-29(34-16)32-15-33-36)17-8-11-23(25(12-17)40-4)41-14-19-20(30)6-5-7-21(19)31/h5-13,15,27H,14H2,1-4H3,(H,35,37)(H,32,33,34)/t27-/m0/s1. The molecule has 0 spiro atoms. The maximum absolute atomic E-state index is 14.3. The highest BCUT2D eigenvalue weighted by Crippen LogP contribution is 2.40. The van der Waals surface area contributed by atoms with Crippen molar-refractivity contribution in [3.63, 3.8) is 0 Å². The molecule has 41 heavy (non-hydrogen) atoms. The van der Waals surface area contributed by atoms with E-state index in [2.05, 4.69) is 20.7 Å². The summed E-state index contributed by atoms with van der Waals surface area (Å²) < 4.78 is 38.1. The molecule has 0 fully saturated rings. The molecular weight excluding hydrogens is 553 g/mol. The van der Waals surface area contributed by atoms with Crippen molar-refractivity contribution in [2.75, 3.05) is 32.0 Å². The predicted molar refractivity (Wildman–Crippen MR) is 151 cm³/mol. The molecule has 0 bridgehead atoms. The zero-order chi connectivity index (χ0) is 29.1. The van der Waals surface area contributed by atoms with Crippen LogP contribution in [0.15, 0.2) is 72.2 Å². The molecule has 0 aliphatic carbocycles. The number of fused-ring (bicyclic) bond motifs is 1. The molecule has 1 aliphatic rings. The lowest BCUT2D eigenvalue weighted by Crippen LogP contribution is -2.31. The van der Waals surface area contributed by atoms with Crippen LogP contribution in [-0.4, -0.2) is 42.0 Å². The number of hydrogen-bond donors (Lipinski definition) is 2. The molecule has 1 amide bonds. The van der Waals surface area contributed by atoms with Crippen molar-refractivity contribution in [3.8, 4) is 23.0 Å². The van der Waals surface area contributed by atoms with E-state index in [1.807, 2.05) is 0 Å². The molecule has 10 nitrogen and oxygen atoms in total. The number of benzene rings is 3. The van der Waals surface area contributed by atoms with E-state index in [9.17, 15) is 9.18 Å². The van der Waals surface area contributed by atoms with Crippen LogP contribution in [0.25, 0.3) is 0 Å². The Bertz CT molecular complexity index is 1620. The third-order valence-corrected chi connectivity index (χ3v) is 6.99. The Hall–Kier alpha value is -4.77. The molecule has 1 aliphatic heterocycles. The first-order valence-corrected chi connectivity index (χ1v) is 12.9. The molecule has 4 aromatic rings. The maximum atomic E-state index is 14.3. The number of ether oxygens (including phenoxy) is 4. The number of nitrogens with one attached hydrogen (secondary N) is 2. The summed E-state index contributed by atoms with van der Waals surface area (Å²) in [7, 11) is 4.56. The van der Waals surface area contributed by atoms with E-state index >= 15 is 0 Å². The molecule has 0 saturated heterocycles. The van der Waals surface area contributed by atoms with Crippen LogP contribution in [0.2, 0.25) is 5.02 Å². The Balaban J connectivity index is 1.48. The van der Waals surface area contributed by atoms with Crippen LogP contribution in [0.1, 0.15) is 24.1 Å². The van der Waals surface area contributed by atoms with E-state index in [-0.39, 0.29) is 23.1 Å². The van der Waals surface area contributed by atoms with E-state index in [0.717, 1.165) is 0 Å². The SMILES string of the molecule is COc1ccc(NC(=O)C2=C(C)Nc3ncnn3[C@H]2c2ccc(OCc3c(F)cccc3Cl)c(OC)c2)c(OC)c1. The van der Waals surface area contributed by atoms with Gasteiger partial charge in [0.1, 0.15) is 36.3 Å². The number of carbonyl (C=O) groups excluding carboxylic acids is 1. The Kier molecular flexibility index (Phi) is 7.97. The highest BCUT2D eigenvalue weighted by Gasteiger charge is 2.34. The summed E-state index contributed by atoms with van der Waals surface area (Å²) in [6, 6.07) is 14.1. The average Bonchev–Trinajstić information content (AvgIpc) is 3.44. The fraction of sp³-hybridized carbons (Fsp3) is 0.207. The van der Waals surface area contributed by atoms with Crippen LogP contribution >= 0.6 is 11.6 Å². The third kappa shape index (κ3) is 5.48. The molecule has 1 aromatic heterocycles. The van der Waals surface area contributed by atoms with Gasteiger partial charge in [0.2, 0.25) is 5.95 Å². The molecule has 0 saturated carbocycles. The van der Waals surface area contributed by atoms with Crippen molar-refractivity contribution >= 4 is 29.1 Å². The van der Waals surface area contributed by atoms with Crippen molar-refractivity contribution in [2.45, 2.75) is 19.6 Å². The van der Waals surface area contributed by atoms with E-state index in [0.29, 0.717) is 51.5 Å². The molecule has 12 heteroatoms. The van der Waals surface area contributed by atoms with Gasteiger partial charge < -0.3 is 29.6 Å². The van der Waals surface area contributed by atoms with Crippen LogP contribution in [-0.2, 0) is 11.4 Å². The monoisotopic (exact) mass is 579 g/mol. The smallest absolute Gasteiger partial charge is 0.255 e. The van der Waals surface area contributed by atoms with Crippen LogP contribution < -0.4 is 29.6 Å². The number of rotatable bonds is 9. The Morgan fingerprint density at radius 1 is 1.05 bits per heavy atom. The second-order valence-corrected chi connectivity index (χ2v) is 9.42. The number of hydrogen-bond acceptors (Lipinski definition) is 8. The zero-order valence-corrected chi connectivity index (χ0v) is 23.5. The summed E-state index contributed by atoms with van der Waals surface area (Å²) in [6.45, 7) is 1.69. The van der Waals surface area contributed by atoms with Gasteiger partial charge in [-0.1, -0.05) is 23.7 Å². The van der Waals surface area contributed by atoms with Gasteiger partial charge in [-0.05, 0) is 48.9 Å². The van der Waals surface area contributed by atoms with E-state index in [1.54, 1.807) is 61.2 Å². The quantitative estimate of drug-likeness (QED) is 0.264. The molecule has 2 heterocycles. The molecular formula is C29H27ClFN5O5. The van der Waals surface area contributed by atoms with Crippen molar-refractivity contribution < 1.29 is 28.1 Å². The number of nitrogens with zero attached hydrogens (tertiary/aromatic N) is 3. The van der Waals surface area contributed by atoms with Gasteiger partial charge >= 0.3 is 0 Å². The summed E-state index contributed by atoms with van der Waals surface area (Å²) in [4.78, 5) is 18.1. The third-order valence-electron chi connectivity index (χ3n) is 6.63. The molecule has 0 unspecified atom stereocenters. The fourth-order valence-electron chi connectivity index (χ4n) is 4.58. The molecule has 2 N–H and O–H groups in total. The Morgan fingerprint density at radius 2 is 1.85 bits per heavy atom. The number of halogens is 2. The van der Waals surface area contributed by atoms with Crippen LogP contribution in [0, 0.1) is 5.82 Å². The van der Waals surface area contributed by atoms with Crippen molar-refractivity contribution in [1.29, 1.82) is 0 Å². The summed E-state index contributed by atoms with van der Waals surface area (Å²) in [5.41, 5.74) is 2.37. The maximum Gasteiger partial charge on any atom is 0.255 e. The lowest BCUT2D eigenvalue weighted by atomic mass is 9.94. The van der Waals surface area contributed by atoms with Gasteiger partial charge in [-0.15, -0.1) is 0 Å². The Morgan fingerprint density at radius 3 is 2.59 bits per heavy atom. The summed E-state index contributed by atoms with van der Waals surface area (Å²) in [5.74, 6) is 1.41. The highest BCUT2D eigenvalue weighted by atomic mass is 35.5. The minimum absolute atomic E-state index is 0.0991.